The van der Waals surface area contributed by atoms with Crippen LogP contribution in [0, 0.1) is 0 Å². The molecule has 5 nitrogen and oxygen atoms in total. The minimum Gasteiger partial charge on any atom is -0.342 e. The maximum absolute atomic E-state index is 12.3. The van der Waals surface area contributed by atoms with Crippen molar-refractivity contribution in [3.63, 3.8) is 0 Å². The molecule has 2 atom stereocenters. The van der Waals surface area contributed by atoms with Crippen LogP contribution in [-0.2, 0) is 4.79 Å². The van der Waals surface area contributed by atoms with Gasteiger partial charge < -0.3 is 16.0 Å². The number of benzene rings is 1. The number of rotatable bonds is 4. The summed E-state index contributed by atoms with van der Waals surface area (Å²) in [5, 5.41) is 4.50. The molecule has 1 aliphatic heterocycles. The molecule has 120 valence electrons. The molecule has 23 heavy (non-hydrogen) atoms. The van der Waals surface area contributed by atoms with Gasteiger partial charge in [0.25, 0.3) is 5.91 Å². The molecule has 1 aliphatic rings. The molecule has 0 aliphatic carbocycles. The van der Waals surface area contributed by atoms with E-state index in [2.05, 4.69) is 5.32 Å². The van der Waals surface area contributed by atoms with Crippen LogP contribution in [0.4, 0.5) is 0 Å². The number of amides is 2. The normalized spacial score (nSPS) is 20.5. The van der Waals surface area contributed by atoms with Crippen LogP contribution in [0.5, 0.6) is 0 Å². The van der Waals surface area contributed by atoms with E-state index in [0.29, 0.717) is 18.0 Å². The Morgan fingerprint density at radius 2 is 1.96 bits per heavy atom. The van der Waals surface area contributed by atoms with Gasteiger partial charge in [0, 0.05) is 25.0 Å². The zero-order valence-electron chi connectivity index (χ0n) is 12.6. The highest BCUT2D eigenvalue weighted by Gasteiger charge is 2.33. The second-order valence-electron chi connectivity index (χ2n) is 5.64. The lowest BCUT2D eigenvalue weighted by molar-refractivity contribution is -0.129. The Morgan fingerprint density at radius 1 is 1.17 bits per heavy atom. The number of nitrogens with one attached hydrogen (secondary N) is 1. The van der Waals surface area contributed by atoms with E-state index in [1.54, 1.807) is 11.0 Å². The van der Waals surface area contributed by atoms with Gasteiger partial charge in [-0.15, -0.1) is 11.3 Å². The number of thiophene rings is 1. The van der Waals surface area contributed by atoms with Crippen molar-refractivity contribution in [2.24, 2.45) is 5.73 Å². The Bertz CT molecular complexity index is 672. The maximum atomic E-state index is 12.3. The van der Waals surface area contributed by atoms with E-state index in [1.807, 2.05) is 41.8 Å². The Labute approximate surface area is 139 Å². The molecule has 1 aromatic heterocycles. The lowest BCUT2D eigenvalue weighted by Crippen LogP contribution is -2.39. The molecule has 0 bridgehead atoms. The fraction of sp³-hybridized carbons (Fsp3) is 0.294. The van der Waals surface area contributed by atoms with Crippen LogP contribution in [0.2, 0.25) is 0 Å². The Morgan fingerprint density at radius 3 is 2.65 bits per heavy atom. The zero-order valence-corrected chi connectivity index (χ0v) is 13.5. The minimum absolute atomic E-state index is 0.00492. The van der Waals surface area contributed by atoms with Crippen molar-refractivity contribution in [1.82, 2.24) is 10.2 Å². The van der Waals surface area contributed by atoms with Gasteiger partial charge in [-0.1, -0.05) is 36.4 Å². The van der Waals surface area contributed by atoms with E-state index in [-0.39, 0.29) is 30.3 Å². The van der Waals surface area contributed by atoms with Crippen LogP contribution < -0.4 is 11.1 Å². The summed E-state index contributed by atoms with van der Waals surface area (Å²) >= 11 is 1.36. The zero-order chi connectivity index (χ0) is 16.2. The molecule has 2 aromatic rings. The third-order valence-electron chi connectivity index (χ3n) is 4.09. The van der Waals surface area contributed by atoms with Crippen LogP contribution in [0.3, 0.4) is 0 Å². The molecular weight excluding hydrogens is 310 g/mol. The highest BCUT2D eigenvalue weighted by Crippen LogP contribution is 2.26. The second kappa shape index (κ2) is 6.93. The van der Waals surface area contributed by atoms with Crippen molar-refractivity contribution in [2.45, 2.75) is 12.0 Å². The van der Waals surface area contributed by atoms with Crippen LogP contribution in [0.25, 0.3) is 0 Å². The third-order valence-corrected chi connectivity index (χ3v) is 4.96. The van der Waals surface area contributed by atoms with Gasteiger partial charge in [0.15, 0.2) is 0 Å². The van der Waals surface area contributed by atoms with Gasteiger partial charge in [0.1, 0.15) is 0 Å². The van der Waals surface area contributed by atoms with Gasteiger partial charge in [-0.05, 0) is 17.0 Å². The number of nitrogens with zero attached hydrogens (tertiary/aromatic N) is 1. The van der Waals surface area contributed by atoms with Gasteiger partial charge in [-0.25, -0.2) is 0 Å². The monoisotopic (exact) mass is 329 g/mol. The maximum Gasteiger partial charge on any atom is 0.261 e. The highest BCUT2D eigenvalue weighted by molar-refractivity contribution is 7.12. The number of likely N-dealkylation sites (tertiary alicyclic amines) is 1. The largest absolute Gasteiger partial charge is 0.342 e. The summed E-state index contributed by atoms with van der Waals surface area (Å²) in [5.41, 5.74) is 7.34. The number of carbonyl (C=O) groups is 2. The van der Waals surface area contributed by atoms with Crippen LogP contribution in [0.1, 0.15) is 21.2 Å². The standard InChI is InChI=1S/C17H19N3O2S/c18-14-11-20(10-13(14)12-5-2-1-3-6-12)16(21)9-19-17(22)15-7-4-8-23-15/h1-8,13-14H,9-11,18H2,(H,19,22)/t13-,14+/m0/s1. The fourth-order valence-corrected chi connectivity index (χ4v) is 3.49. The van der Waals surface area contributed by atoms with E-state index in [1.165, 1.54) is 11.3 Å². The molecule has 1 saturated heterocycles. The van der Waals surface area contributed by atoms with E-state index in [0.717, 1.165) is 5.56 Å². The number of carbonyl (C=O) groups excluding carboxylic acids is 2. The SMILES string of the molecule is N[C@@H]1CN(C(=O)CNC(=O)c2cccs2)C[C@H]1c1ccccc1. The van der Waals surface area contributed by atoms with E-state index < -0.39 is 0 Å². The molecule has 0 spiro atoms. The smallest absolute Gasteiger partial charge is 0.261 e. The summed E-state index contributed by atoms with van der Waals surface area (Å²) in [7, 11) is 0. The summed E-state index contributed by atoms with van der Waals surface area (Å²) in [4.78, 5) is 26.5. The predicted octanol–water partition coefficient (Wildman–Crippen LogP) is 1.43. The first-order chi connectivity index (χ1) is 11.1. The summed E-state index contributed by atoms with van der Waals surface area (Å²) in [5.74, 6) is -0.159. The average molecular weight is 329 g/mol. The molecule has 0 unspecified atom stereocenters. The lowest BCUT2D eigenvalue weighted by Gasteiger charge is -2.16. The second-order valence-corrected chi connectivity index (χ2v) is 6.59. The van der Waals surface area contributed by atoms with Gasteiger partial charge in [0.2, 0.25) is 5.91 Å². The van der Waals surface area contributed by atoms with Crippen LogP contribution >= 0.6 is 11.3 Å². The molecule has 1 aromatic carbocycles. The van der Waals surface area contributed by atoms with Gasteiger partial charge in [-0.3, -0.25) is 9.59 Å². The van der Waals surface area contributed by atoms with E-state index in [4.69, 9.17) is 5.73 Å². The van der Waals surface area contributed by atoms with Crippen molar-refractivity contribution >= 4 is 23.2 Å². The summed E-state index contributed by atoms with van der Waals surface area (Å²) in [6.45, 7) is 1.12. The quantitative estimate of drug-likeness (QED) is 0.891. The molecule has 0 radical (unpaired) electrons. The Kier molecular flexibility index (Phi) is 4.73. The molecule has 2 amide bonds. The summed E-state index contributed by atoms with van der Waals surface area (Å²) in [6, 6.07) is 13.5. The van der Waals surface area contributed by atoms with E-state index >= 15 is 0 Å². The first-order valence-electron chi connectivity index (χ1n) is 7.55. The molecular formula is C17H19N3O2S. The topological polar surface area (TPSA) is 75.4 Å². The molecule has 1 fully saturated rings. The van der Waals surface area contributed by atoms with Crippen molar-refractivity contribution < 1.29 is 9.59 Å². The lowest BCUT2D eigenvalue weighted by atomic mass is 9.95. The molecule has 6 heteroatoms. The highest BCUT2D eigenvalue weighted by atomic mass is 32.1. The third kappa shape index (κ3) is 3.60. The average Bonchev–Trinajstić information content (AvgIpc) is 3.23. The van der Waals surface area contributed by atoms with Crippen molar-refractivity contribution in [3.05, 3.63) is 58.3 Å². The first kappa shape index (κ1) is 15.7. The van der Waals surface area contributed by atoms with Gasteiger partial charge in [-0.2, -0.15) is 0 Å². The molecule has 0 saturated carbocycles. The summed E-state index contributed by atoms with van der Waals surface area (Å²) in [6.07, 6.45) is 0. The van der Waals surface area contributed by atoms with Crippen LogP contribution in [0.15, 0.2) is 47.8 Å². The Hall–Kier alpha value is -2.18. The number of hydrogen-bond donors (Lipinski definition) is 2. The van der Waals surface area contributed by atoms with Crippen molar-refractivity contribution in [3.8, 4) is 0 Å². The molecule has 3 N–H and O–H groups in total. The number of nitrogens with two attached hydrogens (primary N) is 1. The minimum atomic E-state index is -0.212. The Balaban J connectivity index is 1.56. The van der Waals surface area contributed by atoms with Gasteiger partial charge >= 0.3 is 0 Å². The molecule has 2 heterocycles. The number of hydrogen-bond acceptors (Lipinski definition) is 4. The van der Waals surface area contributed by atoms with Crippen molar-refractivity contribution in [2.75, 3.05) is 19.6 Å². The van der Waals surface area contributed by atoms with Gasteiger partial charge in [0.05, 0.1) is 11.4 Å². The molecule has 3 rings (SSSR count). The van der Waals surface area contributed by atoms with E-state index in [9.17, 15) is 9.59 Å². The fourth-order valence-electron chi connectivity index (χ4n) is 2.85. The van der Waals surface area contributed by atoms with Crippen LogP contribution in [-0.4, -0.2) is 42.4 Å². The predicted molar refractivity (Wildman–Crippen MR) is 90.4 cm³/mol. The summed E-state index contributed by atoms with van der Waals surface area (Å²) < 4.78 is 0. The first-order valence-corrected chi connectivity index (χ1v) is 8.43. The van der Waals surface area contributed by atoms with Crippen molar-refractivity contribution in [1.29, 1.82) is 0 Å².